The van der Waals surface area contributed by atoms with Crippen molar-refractivity contribution in [3.05, 3.63) is 0 Å². The van der Waals surface area contributed by atoms with Crippen molar-refractivity contribution < 1.29 is 0 Å². The topological polar surface area (TPSA) is 0 Å². The van der Waals surface area contributed by atoms with E-state index in [0.717, 1.165) is 11.8 Å². The molecule has 0 aliphatic rings. The van der Waals surface area contributed by atoms with Crippen LogP contribution in [0, 0.1) is 11.8 Å². The highest BCUT2D eigenvalue weighted by Gasteiger charge is 2.04. The molecule has 35 heavy (non-hydrogen) atoms. The Hall–Kier alpha value is 0. The van der Waals surface area contributed by atoms with Crippen molar-refractivity contribution in [3.63, 3.8) is 0 Å². The van der Waals surface area contributed by atoms with Crippen molar-refractivity contribution in [2.45, 2.75) is 214 Å². The molecule has 0 aromatic carbocycles. The Balaban J connectivity index is 3.20. The van der Waals surface area contributed by atoms with E-state index < -0.39 is 0 Å². The molecule has 2 atom stereocenters. The van der Waals surface area contributed by atoms with E-state index in [1.54, 1.807) is 0 Å². The normalized spacial score (nSPS) is 13.4. The molecule has 0 rings (SSSR count). The van der Waals surface area contributed by atoms with Crippen LogP contribution in [0.2, 0.25) is 0 Å². The van der Waals surface area contributed by atoms with Crippen LogP contribution < -0.4 is 0 Å². The van der Waals surface area contributed by atoms with E-state index in [9.17, 15) is 0 Å². The highest BCUT2D eigenvalue weighted by Crippen LogP contribution is 2.20. The minimum Gasteiger partial charge on any atom is -0.0654 e. The van der Waals surface area contributed by atoms with E-state index in [4.69, 9.17) is 0 Å². The molecule has 0 heterocycles. The summed E-state index contributed by atoms with van der Waals surface area (Å²) in [6.07, 6.45) is 42.6. The van der Waals surface area contributed by atoms with Gasteiger partial charge in [0.2, 0.25) is 0 Å². The third-order valence-corrected chi connectivity index (χ3v) is 8.49. The number of unbranched alkanes of at least 4 members (excludes halogenated alkanes) is 22. The summed E-state index contributed by atoms with van der Waals surface area (Å²) in [6.45, 7) is 9.60. The highest BCUT2D eigenvalue weighted by atomic mass is 14.1. The zero-order chi connectivity index (χ0) is 25.7. The molecule has 0 aromatic heterocycles. The second-order valence-corrected chi connectivity index (χ2v) is 12.5. The lowest BCUT2D eigenvalue weighted by Crippen LogP contribution is -1.96. The van der Waals surface area contributed by atoms with Crippen molar-refractivity contribution in [2.24, 2.45) is 11.8 Å². The SMILES string of the molecule is CCCCCCCCCCCCCCCCC(C)CCCCCCCCCC(C)CCCCCC. The third-order valence-electron chi connectivity index (χ3n) is 8.49. The first-order valence-corrected chi connectivity index (χ1v) is 17.2. The molecule has 0 N–H and O–H groups in total. The molecule has 0 aliphatic carbocycles. The molecule has 0 amide bonds. The van der Waals surface area contributed by atoms with E-state index in [1.165, 1.54) is 186 Å². The molecule has 0 fully saturated rings. The minimum atomic E-state index is 0.964. The minimum absolute atomic E-state index is 0.964. The van der Waals surface area contributed by atoms with E-state index in [0.29, 0.717) is 0 Å². The van der Waals surface area contributed by atoms with Gasteiger partial charge in [0.1, 0.15) is 0 Å². The summed E-state index contributed by atoms with van der Waals surface area (Å²) >= 11 is 0. The molecule has 0 bridgehead atoms. The largest absolute Gasteiger partial charge is 0.0654 e. The Morgan fingerprint density at radius 2 is 0.429 bits per heavy atom. The lowest BCUT2D eigenvalue weighted by Gasteiger charge is -2.12. The Bertz CT molecular complexity index is 359. The van der Waals surface area contributed by atoms with E-state index in [2.05, 4.69) is 27.7 Å². The van der Waals surface area contributed by atoms with Crippen molar-refractivity contribution >= 4 is 0 Å². The fraction of sp³-hybridized carbons (Fsp3) is 1.00. The molecule has 0 saturated carbocycles. The number of hydrogen-bond donors (Lipinski definition) is 0. The lowest BCUT2D eigenvalue weighted by atomic mass is 9.95. The Morgan fingerprint density at radius 3 is 0.657 bits per heavy atom. The molecule has 0 saturated heterocycles. The molecular weight excluding hydrogens is 420 g/mol. The molecule has 212 valence electrons. The van der Waals surface area contributed by atoms with Gasteiger partial charge in [0.25, 0.3) is 0 Å². The van der Waals surface area contributed by atoms with Gasteiger partial charge in [0.15, 0.2) is 0 Å². The van der Waals surface area contributed by atoms with Gasteiger partial charge >= 0.3 is 0 Å². The maximum atomic E-state index is 2.51. The van der Waals surface area contributed by atoms with Gasteiger partial charge in [-0.15, -0.1) is 0 Å². The predicted molar refractivity (Wildman–Crippen MR) is 164 cm³/mol. The number of rotatable bonds is 30. The Labute approximate surface area is 225 Å². The lowest BCUT2D eigenvalue weighted by molar-refractivity contribution is 0.423. The number of hydrogen-bond acceptors (Lipinski definition) is 0. The standard InChI is InChI=1S/C35H72/c1-5-7-9-11-12-13-14-15-16-17-18-20-23-27-32-35(4)33-29-25-22-19-21-24-28-31-34(3)30-26-10-8-6-2/h34-35H,5-33H2,1-4H3. The van der Waals surface area contributed by atoms with Gasteiger partial charge in [-0.1, -0.05) is 214 Å². The molecule has 0 nitrogen and oxygen atoms in total. The molecule has 0 aliphatic heterocycles. The van der Waals surface area contributed by atoms with Crippen molar-refractivity contribution in [1.82, 2.24) is 0 Å². The summed E-state index contributed by atoms with van der Waals surface area (Å²) in [5.41, 5.74) is 0. The molecule has 0 aromatic rings. The molecular formula is C35H72. The van der Waals surface area contributed by atoms with E-state index in [1.807, 2.05) is 0 Å². The van der Waals surface area contributed by atoms with E-state index in [-0.39, 0.29) is 0 Å². The summed E-state index contributed by atoms with van der Waals surface area (Å²) in [5.74, 6) is 1.93. The van der Waals surface area contributed by atoms with Crippen LogP contribution in [0.25, 0.3) is 0 Å². The summed E-state index contributed by atoms with van der Waals surface area (Å²) in [4.78, 5) is 0. The van der Waals surface area contributed by atoms with Gasteiger partial charge in [-0.2, -0.15) is 0 Å². The van der Waals surface area contributed by atoms with Crippen LogP contribution in [0.4, 0.5) is 0 Å². The quantitative estimate of drug-likeness (QED) is 0.0874. The fourth-order valence-electron chi connectivity index (χ4n) is 5.77. The second kappa shape index (κ2) is 30.2. The van der Waals surface area contributed by atoms with Crippen LogP contribution in [0.3, 0.4) is 0 Å². The van der Waals surface area contributed by atoms with Crippen LogP contribution in [0.1, 0.15) is 214 Å². The summed E-state index contributed by atoms with van der Waals surface area (Å²) in [6, 6.07) is 0. The Kier molecular flexibility index (Phi) is 30.2. The maximum absolute atomic E-state index is 2.51. The monoisotopic (exact) mass is 493 g/mol. The van der Waals surface area contributed by atoms with Crippen molar-refractivity contribution in [1.29, 1.82) is 0 Å². The van der Waals surface area contributed by atoms with Crippen LogP contribution in [0.5, 0.6) is 0 Å². The van der Waals surface area contributed by atoms with Gasteiger partial charge < -0.3 is 0 Å². The fourth-order valence-corrected chi connectivity index (χ4v) is 5.77. The van der Waals surface area contributed by atoms with Gasteiger partial charge in [0.05, 0.1) is 0 Å². The van der Waals surface area contributed by atoms with Crippen LogP contribution in [0.15, 0.2) is 0 Å². The first-order chi connectivity index (χ1) is 17.2. The molecule has 2 unspecified atom stereocenters. The highest BCUT2D eigenvalue weighted by molar-refractivity contribution is 4.58. The van der Waals surface area contributed by atoms with Crippen LogP contribution >= 0.6 is 0 Å². The molecule has 0 heteroatoms. The third kappa shape index (κ3) is 30.1. The molecule has 0 spiro atoms. The predicted octanol–water partition coefficient (Wildman–Crippen LogP) is 13.6. The average molecular weight is 493 g/mol. The van der Waals surface area contributed by atoms with Crippen molar-refractivity contribution in [3.8, 4) is 0 Å². The maximum Gasteiger partial charge on any atom is -0.0443 e. The zero-order valence-corrected chi connectivity index (χ0v) is 25.7. The van der Waals surface area contributed by atoms with Gasteiger partial charge in [-0.3, -0.25) is 0 Å². The van der Waals surface area contributed by atoms with Crippen LogP contribution in [-0.2, 0) is 0 Å². The van der Waals surface area contributed by atoms with Gasteiger partial charge in [-0.25, -0.2) is 0 Å². The first-order valence-electron chi connectivity index (χ1n) is 17.2. The summed E-state index contributed by atoms with van der Waals surface area (Å²) < 4.78 is 0. The second-order valence-electron chi connectivity index (χ2n) is 12.5. The smallest absolute Gasteiger partial charge is 0.0443 e. The Morgan fingerprint density at radius 1 is 0.257 bits per heavy atom. The van der Waals surface area contributed by atoms with E-state index >= 15 is 0 Å². The summed E-state index contributed by atoms with van der Waals surface area (Å²) in [5, 5.41) is 0. The van der Waals surface area contributed by atoms with Crippen LogP contribution in [-0.4, -0.2) is 0 Å². The van der Waals surface area contributed by atoms with Gasteiger partial charge in [0, 0.05) is 0 Å². The zero-order valence-electron chi connectivity index (χ0n) is 25.7. The average Bonchev–Trinajstić information content (AvgIpc) is 2.85. The first kappa shape index (κ1) is 35.0. The summed E-state index contributed by atoms with van der Waals surface area (Å²) in [7, 11) is 0. The van der Waals surface area contributed by atoms with Crippen molar-refractivity contribution in [2.75, 3.05) is 0 Å². The van der Waals surface area contributed by atoms with Gasteiger partial charge in [-0.05, 0) is 11.8 Å². The molecule has 0 radical (unpaired) electrons.